The number of hydrogen-bond donors (Lipinski definition) is 1. The lowest BCUT2D eigenvalue weighted by molar-refractivity contribution is 0.149. The van der Waals surface area contributed by atoms with Gasteiger partial charge in [-0.2, -0.15) is 0 Å². The molecule has 1 heteroatoms. The summed E-state index contributed by atoms with van der Waals surface area (Å²) in [6.45, 7) is 4.08. The third kappa shape index (κ3) is 2.63. The highest BCUT2D eigenvalue weighted by Crippen LogP contribution is 2.31. The SMILES string of the molecule is C=CC[C@H](CO)C1CCCCC1. The minimum Gasteiger partial charge on any atom is -0.396 e. The number of aliphatic hydroxyl groups is 1. The van der Waals surface area contributed by atoms with Gasteiger partial charge in [-0.1, -0.05) is 38.2 Å². The fourth-order valence-corrected chi connectivity index (χ4v) is 2.24. The van der Waals surface area contributed by atoms with Crippen molar-refractivity contribution in [2.45, 2.75) is 38.5 Å². The Morgan fingerprint density at radius 1 is 1.33 bits per heavy atom. The summed E-state index contributed by atoms with van der Waals surface area (Å²) < 4.78 is 0. The Labute approximate surface area is 75.5 Å². The first-order chi connectivity index (χ1) is 5.88. The number of hydrogen-bond acceptors (Lipinski definition) is 1. The second kappa shape index (κ2) is 5.36. The van der Waals surface area contributed by atoms with E-state index in [4.69, 9.17) is 5.11 Å². The van der Waals surface area contributed by atoms with Gasteiger partial charge in [-0.15, -0.1) is 6.58 Å². The molecule has 0 radical (unpaired) electrons. The van der Waals surface area contributed by atoms with E-state index in [1.54, 1.807) is 0 Å². The van der Waals surface area contributed by atoms with Crippen LogP contribution in [0.15, 0.2) is 12.7 Å². The molecule has 1 aliphatic carbocycles. The molecule has 0 bridgehead atoms. The van der Waals surface area contributed by atoms with Crippen LogP contribution in [0.2, 0.25) is 0 Å². The van der Waals surface area contributed by atoms with Crippen molar-refractivity contribution >= 4 is 0 Å². The minimum absolute atomic E-state index is 0.344. The van der Waals surface area contributed by atoms with E-state index in [-0.39, 0.29) is 0 Å². The fourth-order valence-electron chi connectivity index (χ4n) is 2.24. The monoisotopic (exact) mass is 168 g/mol. The molecule has 0 aromatic heterocycles. The highest BCUT2D eigenvalue weighted by Gasteiger charge is 2.21. The second-order valence-corrected chi connectivity index (χ2v) is 3.87. The maximum Gasteiger partial charge on any atom is 0.0464 e. The normalized spacial score (nSPS) is 22.1. The summed E-state index contributed by atoms with van der Waals surface area (Å²) in [5.41, 5.74) is 0. The van der Waals surface area contributed by atoms with E-state index in [9.17, 15) is 0 Å². The Morgan fingerprint density at radius 3 is 2.50 bits per heavy atom. The molecule has 1 saturated carbocycles. The molecule has 1 rings (SSSR count). The Bertz CT molecular complexity index is 125. The Hall–Kier alpha value is -0.300. The number of aliphatic hydroxyl groups excluding tert-OH is 1. The summed E-state index contributed by atoms with van der Waals surface area (Å²) in [5.74, 6) is 1.25. The molecule has 0 unspecified atom stereocenters. The molecule has 0 amide bonds. The molecule has 1 N–H and O–H groups in total. The van der Waals surface area contributed by atoms with Crippen molar-refractivity contribution in [2.24, 2.45) is 11.8 Å². The molecule has 0 aliphatic heterocycles. The molecule has 0 spiro atoms. The van der Waals surface area contributed by atoms with E-state index in [0.717, 1.165) is 12.3 Å². The highest BCUT2D eigenvalue weighted by atomic mass is 16.3. The summed E-state index contributed by atoms with van der Waals surface area (Å²) in [5, 5.41) is 9.16. The molecule has 1 atom stereocenters. The van der Waals surface area contributed by atoms with Crippen LogP contribution < -0.4 is 0 Å². The molecule has 0 aromatic carbocycles. The van der Waals surface area contributed by atoms with Crippen LogP contribution in [0.5, 0.6) is 0 Å². The first-order valence-corrected chi connectivity index (χ1v) is 5.10. The van der Waals surface area contributed by atoms with Gasteiger partial charge in [0.15, 0.2) is 0 Å². The van der Waals surface area contributed by atoms with Crippen LogP contribution in [0, 0.1) is 11.8 Å². The molecule has 0 heterocycles. The van der Waals surface area contributed by atoms with E-state index in [2.05, 4.69) is 6.58 Å². The Kier molecular flexibility index (Phi) is 4.37. The molecular formula is C11H20O. The fraction of sp³-hybridized carbons (Fsp3) is 0.818. The molecule has 1 nitrogen and oxygen atoms in total. The van der Waals surface area contributed by atoms with Crippen molar-refractivity contribution in [1.82, 2.24) is 0 Å². The van der Waals surface area contributed by atoms with Gasteiger partial charge in [0.25, 0.3) is 0 Å². The smallest absolute Gasteiger partial charge is 0.0464 e. The van der Waals surface area contributed by atoms with Crippen LogP contribution in [0.25, 0.3) is 0 Å². The van der Waals surface area contributed by atoms with Crippen molar-refractivity contribution in [3.63, 3.8) is 0 Å². The zero-order valence-corrected chi connectivity index (χ0v) is 7.84. The first kappa shape index (κ1) is 9.79. The van der Waals surface area contributed by atoms with E-state index >= 15 is 0 Å². The lowest BCUT2D eigenvalue weighted by Gasteiger charge is -2.28. The van der Waals surface area contributed by atoms with E-state index in [1.807, 2.05) is 6.08 Å². The number of allylic oxidation sites excluding steroid dienone is 1. The summed E-state index contributed by atoms with van der Waals surface area (Å²) in [4.78, 5) is 0. The van der Waals surface area contributed by atoms with Crippen molar-refractivity contribution in [2.75, 3.05) is 6.61 Å². The zero-order chi connectivity index (χ0) is 8.81. The number of rotatable bonds is 4. The molecule has 1 fully saturated rings. The third-order valence-corrected chi connectivity index (χ3v) is 3.02. The summed E-state index contributed by atoms with van der Waals surface area (Å²) in [7, 11) is 0. The van der Waals surface area contributed by atoms with Crippen molar-refractivity contribution in [3.05, 3.63) is 12.7 Å². The topological polar surface area (TPSA) is 20.2 Å². The van der Waals surface area contributed by atoms with E-state index in [1.165, 1.54) is 32.1 Å². The Balaban J connectivity index is 2.34. The summed E-state index contributed by atoms with van der Waals surface area (Å²) >= 11 is 0. The molecular weight excluding hydrogens is 148 g/mol. The predicted octanol–water partition coefficient (Wildman–Crippen LogP) is 2.75. The Morgan fingerprint density at radius 2 is 2.00 bits per heavy atom. The highest BCUT2D eigenvalue weighted by molar-refractivity contribution is 4.79. The van der Waals surface area contributed by atoms with Crippen molar-refractivity contribution in [1.29, 1.82) is 0 Å². The van der Waals surface area contributed by atoms with Crippen LogP contribution in [0.4, 0.5) is 0 Å². The van der Waals surface area contributed by atoms with Gasteiger partial charge in [-0.3, -0.25) is 0 Å². The van der Waals surface area contributed by atoms with Gasteiger partial charge in [0.2, 0.25) is 0 Å². The average Bonchev–Trinajstić information content (AvgIpc) is 2.15. The lowest BCUT2D eigenvalue weighted by Crippen LogP contribution is -2.20. The maximum absolute atomic E-state index is 9.16. The van der Waals surface area contributed by atoms with Gasteiger partial charge in [0.05, 0.1) is 0 Å². The summed E-state index contributed by atoms with van der Waals surface area (Å²) in [6, 6.07) is 0. The molecule has 70 valence electrons. The zero-order valence-electron chi connectivity index (χ0n) is 7.84. The van der Waals surface area contributed by atoms with Crippen molar-refractivity contribution in [3.8, 4) is 0 Å². The largest absolute Gasteiger partial charge is 0.396 e. The lowest BCUT2D eigenvalue weighted by atomic mass is 9.79. The van der Waals surface area contributed by atoms with Gasteiger partial charge in [-0.05, 0) is 18.3 Å². The molecule has 0 saturated heterocycles. The van der Waals surface area contributed by atoms with Gasteiger partial charge in [0, 0.05) is 6.61 Å². The van der Waals surface area contributed by atoms with E-state index < -0.39 is 0 Å². The predicted molar refractivity (Wildman–Crippen MR) is 52.0 cm³/mol. The van der Waals surface area contributed by atoms with Crippen LogP contribution in [0.1, 0.15) is 38.5 Å². The first-order valence-electron chi connectivity index (χ1n) is 5.10. The summed E-state index contributed by atoms with van der Waals surface area (Å²) in [6.07, 6.45) is 9.67. The van der Waals surface area contributed by atoms with Gasteiger partial charge < -0.3 is 5.11 Å². The quantitative estimate of drug-likeness (QED) is 0.640. The second-order valence-electron chi connectivity index (χ2n) is 3.87. The van der Waals surface area contributed by atoms with Crippen LogP contribution in [-0.2, 0) is 0 Å². The third-order valence-electron chi connectivity index (χ3n) is 3.02. The van der Waals surface area contributed by atoms with Crippen LogP contribution in [-0.4, -0.2) is 11.7 Å². The maximum atomic E-state index is 9.16. The van der Waals surface area contributed by atoms with Crippen LogP contribution >= 0.6 is 0 Å². The molecule has 0 aromatic rings. The standard InChI is InChI=1S/C11H20O/c1-2-6-11(9-12)10-7-4-3-5-8-10/h2,10-12H,1,3-9H2/t11-/m1/s1. The van der Waals surface area contributed by atoms with E-state index in [0.29, 0.717) is 12.5 Å². The van der Waals surface area contributed by atoms with Crippen molar-refractivity contribution < 1.29 is 5.11 Å². The minimum atomic E-state index is 0.344. The van der Waals surface area contributed by atoms with Gasteiger partial charge >= 0.3 is 0 Å². The van der Waals surface area contributed by atoms with Gasteiger partial charge in [0.1, 0.15) is 0 Å². The average molecular weight is 168 g/mol. The molecule has 1 aliphatic rings. The van der Waals surface area contributed by atoms with Crippen LogP contribution in [0.3, 0.4) is 0 Å². The van der Waals surface area contributed by atoms with Gasteiger partial charge in [-0.25, -0.2) is 0 Å². The molecule has 12 heavy (non-hydrogen) atoms.